The fraction of sp³-hybridized carbons (Fsp3) is 0.0392. The van der Waals surface area contributed by atoms with E-state index in [9.17, 15) is 0 Å². The molecule has 4 heterocycles. The summed E-state index contributed by atoms with van der Waals surface area (Å²) in [5, 5.41) is 15.2. The van der Waals surface area contributed by atoms with Crippen LogP contribution in [0.5, 0.6) is 0 Å². The van der Waals surface area contributed by atoms with Gasteiger partial charge in [-0.2, -0.15) is 0 Å². The van der Waals surface area contributed by atoms with Crippen LogP contribution in [-0.4, -0.2) is 10.4 Å². The predicted octanol–water partition coefficient (Wildman–Crippen LogP) is 13.5. The molecule has 270 valence electrons. The first-order chi connectivity index (χ1) is 28.3. The lowest BCUT2D eigenvalue weighted by Crippen LogP contribution is -2.44. The van der Waals surface area contributed by atoms with Crippen molar-refractivity contribution in [1.82, 2.24) is 15.2 Å². The topological polar surface area (TPSA) is 41.4 Å². The van der Waals surface area contributed by atoms with Gasteiger partial charge in [0.1, 0.15) is 18.2 Å². The molecule has 3 aromatic heterocycles. The molecule has 0 spiro atoms. The Kier molecular flexibility index (Phi) is 7.45. The smallest absolute Gasteiger partial charge is 0.133 e. The molecule has 0 aliphatic carbocycles. The van der Waals surface area contributed by atoms with Gasteiger partial charge in [0.25, 0.3) is 0 Å². The predicted molar refractivity (Wildman–Crippen MR) is 243 cm³/mol. The molecule has 57 heavy (non-hydrogen) atoms. The summed E-state index contributed by atoms with van der Waals surface area (Å²) in [4.78, 5) is 5.31. The van der Waals surface area contributed by atoms with Crippen molar-refractivity contribution in [1.29, 1.82) is 0 Å². The third-order valence-electron chi connectivity index (χ3n) is 11.5. The Morgan fingerprint density at radius 1 is 0.456 bits per heavy atom. The van der Waals surface area contributed by atoms with E-state index in [1.54, 1.807) is 0 Å². The van der Waals surface area contributed by atoms with E-state index in [-0.39, 0.29) is 12.3 Å². The highest BCUT2D eigenvalue weighted by molar-refractivity contribution is 7.27. The largest absolute Gasteiger partial charge is 0.350 e. The van der Waals surface area contributed by atoms with Gasteiger partial charge in [-0.1, -0.05) is 152 Å². The average molecular weight is 767 g/mol. The van der Waals surface area contributed by atoms with Crippen LogP contribution in [0.2, 0.25) is 0 Å². The average Bonchev–Trinajstić information content (AvgIpc) is 3.96. The number of hydrogen-bond donors (Lipinski definition) is 2. The maximum Gasteiger partial charge on any atom is 0.133 e. The number of aliphatic imine (C=N–C) groups is 1. The fourth-order valence-electron chi connectivity index (χ4n) is 8.86. The molecule has 0 radical (unpaired) electrons. The molecule has 2 atom stereocenters. The van der Waals surface area contributed by atoms with Crippen molar-refractivity contribution < 1.29 is 0 Å². The number of nitrogens with zero attached hydrogens (tertiary/aromatic N) is 2. The molecule has 0 fully saturated rings. The first-order valence-corrected chi connectivity index (χ1v) is 21.0. The summed E-state index contributed by atoms with van der Waals surface area (Å²) in [5.74, 6) is 0.904. The van der Waals surface area contributed by atoms with Crippen LogP contribution in [0.25, 0.3) is 79.0 Å². The van der Waals surface area contributed by atoms with Gasteiger partial charge in [0.15, 0.2) is 0 Å². The SMILES string of the molecule is c1ccc(C2N=C(c3cccc4c3sc3c(-c5ccc6c(c5)sc5c(-n7c8ccccc8c8ccccc87)cccc56)cccc34)NC(c3ccccc3)N2)cc1. The van der Waals surface area contributed by atoms with Crippen molar-refractivity contribution in [2.24, 2.45) is 4.99 Å². The van der Waals surface area contributed by atoms with E-state index in [1.807, 2.05) is 22.7 Å². The number of nitrogens with one attached hydrogen (secondary N) is 2. The Balaban J connectivity index is 0.995. The van der Waals surface area contributed by atoms with Crippen molar-refractivity contribution >= 4 is 90.7 Å². The van der Waals surface area contributed by atoms with E-state index in [2.05, 4.69) is 197 Å². The van der Waals surface area contributed by atoms with Crippen molar-refractivity contribution in [2.45, 2.75) is 12.3 Å². The van der Waals surface area contributed by atoms with Crippen LogP contribution >= 0.6 is 22.7 Å². The van der Waals surface area contributed by atoms with Gasteiger partial charge in [-0.25, -0.2) is 4.99 Å². The second kappa shape index (κ2) is 13.0. The lowest BCUT2D eigenvalue weighted by atomic mass is 10.0. The molecule has 1 aliphatic rings. The summed E-state index contributed by atoms with van der Waals surface area (Å²) in [7, 11) is 0. The number of para-hydroxylation sites is 2. The van der Waals surface area contributed by atoms with Crippen molar-refractivity contribution in [2.75, 3.05) is 0 Å². The summed E-state index contributed by atoms with van der Waals surface area (Å²) >= 11 is 3.76. The lowest BCUT2D eigenvalue weighted by Gasteiger charge is -2.32. The summed E-state index contributed by atoms with van der Waals surface area (Å²) in [6.07, 6.45) is -0.274. The number of rotatable bonds is 5. The highest BCUT2D eigenvalue weighted by Crippen LogP contribution is 2.45. The van der Waals surface area contributed by atoms with Crippen molar-refractivity contribution in [3.8, 4) is 16.8 Å². The fourth-order valence-corrected chi connectivity index (χ4v) is 11.5. The first-order valence-electron chi connectivity index (χ1n) is 19.4. The monoisotopic (exact) mass is 766 g/mol. The maximum atomic E-state index is 5.31. The van der Waals surface area contributed by atoms with Crippen LogP contribution < -0.4 is 10.6 Å². The maximum absolute atomic E-state index is 5.31. The van der Waals surface area contributed by atoms with Gasteiger partial charge in [-0.05, 0) is 52.6 Å². The number of fused-ring (bicyclic) bond motifs is 9. The Morgan fingerprint density at radius 2 is 1.04 bits per heavy atom. The van der Waals surface area contributed by atoms with Gasteiger partial charge >= 0.3 is 0 Å². The molecular formula is C51H34N4S2. The van der Waals surface area contributed by atoms with Gasteiger partial charge in [0, 0.05) is 52.0 Å². The van der Waals surface area contributed by atoms with E-state index in [4.69, 9.17) is 4.99 Å². The molecule has 1 aliphatic heterocycles. The number of aromatic nitrogens is 1. The second-order valence-electron chi connectivity index (χ2n) is 14.7. The molecule has 0 amide bonds. The van der Waals surface area contributed by atoms with Crippen LogP contribution in [0.4, 0.5) is 0 Å². The zero-order valence-corrected chi connectivity index (χ0v) is 32.3. The Bertz CT molecular complexity index is 3320. The van der Waals surface area contributed by atoms with E-state index in [0.29, 0.717) is 0 Å². The molecular weight excluding hydrogens is 733 g/mol. The van der Waals surface area contributed by atoms with E-state index in [0.717, 1.165) is 17.0 Å². The summed E-state index contributed by atoms with van der Waals surface area (Å²) in [6.45, 7) is 0. The Labute approximate surface area is 337 Å². The molecule has 0 saturated carbocycles. The first kappa shape index (κ1) is 32.7. The van der Waals surface area contributed by atoms with Gasteiger partial charge in [-0.15, -0.1) is 22.7 Å². The van der Waals surface area contributed by atoms with Crippen molar-refractivity contribution in [3.63, 3.8) is 0 Å². The number of hydrogen-bond acceptors (Lipinski definition) is 5. The summed E-state index contributed by atoms with van der Waals surface area (Å²) < 4.78 is 7.58. The molecule has 6 heteroatoms. The summed E-state index contributed by atoms with van der Waals surface area (Å²) in [6, 6.07) is 65.9. The van der Waals surface area contributed by atoms with E-state index < -0.39 is 0 Å². The van der Waals surface area contributed by atoms with Gasteiger partial charge in [0.05, 0.1) is 21.4 Å². The molecule has 11 aromatic rings. The quantitative estimate of drug-likeness (QED) is 0.183. The van der Waals surface area contributed by atoms with Gasteiger partial charge < -0.3 is 9.88 Å². The normalized spacial score (nSPS) is 15.9. The zero-order chi connectivity index (χ0) is 37.5. The molecule has 2 unspecified atom stereocenters. The highest BCUT2D eigenvalue weighted by atomic mass is 32.1. The van der Waals surface area contributed by atoms with Crippen LogP contribution in [0.3, 0.4) is 0 Å². The minimum Gasteiger partial charge on any atom is -0.350 e. The standard InChI is InChI=1S/C51H34N4S2/c1-3-14-31(15-4-1)49-52-50(32-16-5-2-6-17-32)54-51(53-49)41-24-12-22-40-39-21-11-20-34(46(39)57-47(40)41)33-28-29-37-38-23-13-27-44(48(38)56-45(37)30-33)55-42-25-9-7-18-35(42)36-19-8-10-26-43(36)55/h1-30,49-50,52H,(H,53,54). The van der Waals surface area contributed by atoms with Crippen molar-refractivity contribution in [3.05, 3.63) is 199 Å². The Morgan fingerprint density at radius 3 is 1.75 bits per heavy atom. The molecule has 4 nitrogen and oxygen atoms in total. The van der Waals surface area contributed by atoms with Gasteiger partial charge in [0.2, 0.25) is 0 Å². The van der Waals surface area contributed by atoms with E-state index >= 15 is 0 Å². The molecule has 2 N–H and O–H groups in total. The van der Waals surface area contributed by atoms with Crippen LogP contribution in [0, 0.1) is 0 Å². The Hall–Kier alpha value is -6.57. The lowest BCUT2D eigenvalue weighted by molar-refractivity contribution is 0.409. The molecule has 12 rings (SSSR count). The summed E-state index contributed by atoms with van der Waals surface area (Å²) in [5.41, 5.74) is 9.63. The van der Waals surface area contributed by atoms with Crippen LogP contribution in [0.15, 0.2) is 187 Å². The third-order valence-corrected chi connectivity index (χ3v) is 14.0. The zero-order valence-electron chi connectivity index (χ0n) is 30.7. The minimum absolute atomic E-state index is 0.0902. The highest BCUT2D eigenvalue weighted by Gasteiger charge is 2.27. The third kappa shape index (κ3) is 5.19. The van der Waals surface area contributed by atoms with E-state index in [1.165, 1.54) is 84.5 Å². The number of benzene rings is 8. The van der Waals surface area contributed by atoms with Crippen LogP contribution in [-0.2, 0) is 0 Å². The number of thiophene rings is 2. The van der Waals surface area contributed by atoms with Crippen LogP contribution in [0.1, 0.15) is 29.0 Å². The molecule has 8 aromatic carbocycles. The minimum atomic E-state index is -0.184. The molecule has 0 saturated heterocycles. The second-order valence-corrected chi connectivity index (χ2v) is 16.8. The molecule has 0 bridgehead atoms. The van der Waals surface area contributed by atoms with Gasteiger partial charge in [-0.3, -0.25) is 5.32 Å². The number of amidine groups is 1.